The lowest BCUT2D eigenvalue weighted by Gasteiger charge is -2.27. The molecule has 0 radical (unpaired) electrons. The average Bonchev–Trinajstić information content (AvgIpc) is 2.85. The number of aromatic nitrogens is 1. The fourth-order valence-electron chi connectivity index (χ4n) is 3.89. The first kappa shape index (κ1) is 24.5. The molecule has 0 aliphatic carbocycles. The summed E-state index contributed by atoms with van der Waals surface area (Å²) in [5.74, 6) is 0.869. The van der Waals surface area contributed by atoms with E-state index in [4.69, 9.17) is 9.47 Å². The van der Waals surface area contributed by atoms with Gasteiger partial charge in [0.05, 0.1) is 5.56 Å². The fourth-order valence-corrected chi connectivity index (χ4v) is 3.89. The van der Waals surface area contributed by atoms with Gasteiger partial charge in [-0.15, -0.1) is 0 Å². The van der Waals surface area contributed by atoms with Crippen molar-refractivity contribution in [3.63, 3.8) is 0 Å². The number of benzene rings is 2. The summed E-state index contributed by atoms with van der Waals surface area (Å²) < 4.78 is 51.5. The minimum absolute atomic E-state index is 0.187. The van der Waals surface area contributed by atoms with Crippen LogP contribution in [0.5, 0.6) is 17.4 Å². The van der Waals surface area contributed by atoms with E-state index in [1.54, 1.807) is 47.5 Å². The van der Waals surface area contributed by atoms with Crippen LogP contribution in [0.2, 0.25) is 0 Å². The molecule has 0 atom stereocenters. The van der Waals surface area contributed by atoms with E-state index in [0.717, 1.165) is 12.1 Å². The van der Waals surface area contributed by atoms with Crippen molar-refractivity contribution in [3.8, 4) is 17.4 Å². The Balaban J connectivity index is 1.63. The number of nitrogens with zero attached hydrogens (tertiary/aromatic N) is 3. The van der Waals surface area contributed by atoms with Gasteiger partial charge in [0.15, 0.2) is 11.5 Å². The second-order valence-corrected chi connectivity index (χ2v) is 8.11. The lowest BCUT2D eigenvalue weighted by molar-refractivity contribution is -0.137. The van der Waals surface area contributed by atoms with Gasteiger partial charge in [-0.3, -0.25) is 9.69 Å². The molecule has 0 spiro atoms. The quantitative estimate of drug-likeness (QED) is 0.507. The summed E-state index contributed by atoms with van der Waals surface area (Å²) in [6, 6.07) is 15.7. The van der Waals surface area contributed by atoms with Crippen LogP contribution in [0.15, 0.2) is 66.9 Å². The van der Waals surface area contributed by atoms with Crippen molar-refractivity contribution in [1.82, 2.24) is 14.8 Å². The van der Waals surface area contributed by atoms with Crippen LogP contribution in [0.3, 0.4) is 0 Å². The molecule has 2 aromatic carbocycles. The molecule has 3 aromatic rings. The highest BCUT2D eigenvalue weighted by Crippen LogP contribution is 2.33. The average molecular weight is 486 g/mol. The predicted octanol–water partition coefficient (Wildman–Crippen LogP) is 5.25. The number of alkyl halides is 3. The van der Waals surface area contributed by atoms with E-state index >= 15 is 0 Å². The number of ether oxygens (including phenoxy) is 2. The van der Waals surface area contributed by atoms with Crippen molar-refractivity contribution < 1.29 is 27.4 Å². The molecule has 0 fully saturated rings. The molecule has 6 nitrogen and oxygen atoms in total. The summed E-state index contributed by atoms with van der Waals surface area (Å²) in [5, 5.41) is 0. The summed E-state index contributed by atoms with van der Waals surface area (Å²) in [4.78, 5) is 21.3. The molecule has 9 heteroatoms. The van der Waals surface area contributed by atoms with Crippen molar-refractivity contribution in [2.75, 3.05) is 32.8 Å². The number of para-hydroxylation sites is 2. The molecule has 35 heavy (non-hydrogen) atoms. The van der Waals surface area contributed by atoms with Gasteiger partial charge < -0.3 is 14.4 Å². The lowest BCUT2D eigenvalue weighted by atomic mass is 10.1. The lowest BCUT2D eigenvalue weighted by Crippen LogP contribution is -2.39. The Morgan fingerprint density at radius 2 is 1.77 bits per heavy atom. The molecule has 1 amide bonds. The Morgan fingerprint density at radius 3 is 2.54 bits per heavy atom. The minimum atomic E-state index is -4.41. The van der Waals surface area contributed by atoms with Crippen LogP contribution in [-0.2, 0) is 12.7 Å². The molecule has 0 bridgehead atoms. The maximum atomic E-state index is 13.3. The molecule has 2 heterocycles. The molecular formula is C26H26F3N3O3. The van der Waals surface area contributed by atoms with Gasteiger partial charge in [0.25, 0.3) is 5.91 Å². The van der Waals surface area contributed by atoms with Gasteiger partial charge in [0, 0.05) is 38.9 Å². The fraction of sp³-hybridized carbons (Fsp3) is 0.308. The van der Waals surface area contributed by atoms with E-state index in [2.05, 4.69) is 4.98 Å². The summed E-state index contributed by atoms with van der Waals surface area (Å²) >= 11 is 0. The highest BCUT2D eigenvalue weighted by atomic mass is 19.4. The molecule has 1 aliphatic heterocycles. The Kier molecular flexibility index (Phi) is 7.55. The van der Waals surface area contributed by atoms with Crippen molar-refractivity contribution in [2.45, 2.75) is 19.6 Å². The number of carbonyl (C=O) groups is 1. The first-order valence-corrected chi connectivity index (χ1v) is 11.4. The molecule has 0 unspecified atom stereocenters. The number of hydrogen-bond acceptors (Lipinski definition) is 5. The third-order valence-corrected chi connectivity index (χ3v) is 5.74. The number of hydrogen-bond donors (Lipinski definition) is 0. The molecule has 0 N–H and O–H groups in total. The van der Waals surface area contributed by atoms with Gasteiger partial charge in [0.2, 0.25) is 5.88 Å². The maximum absolute atomic E-state index is 13.3. The number of amides is 1. The number of fused-ring (bicyclic) bond motifs is 2. The van der Waals surface area contributed by atoms with Crippen LogP contribution in [0, 0.1) is 0 Å². The van der Waals surface area contributed by atoms with Crippen molar-refractivity contribution >= 4 is 5.91 Å². The second kappa shape index (κ2) is 10.8. The summed E-state index contributed by atoms with van der Waals surface area (Å²) in [7, 11) is 0. The van der Waals surface area contributed by atoms with Crippen LogP contribution in [0.25, 0.3) is 0 Å². The number of halogens is 3. The molecule has 4 rings (SSSR count). The molecular weight excluding hydrogens is 459 g/mol. The van der Waals surface area contributed by atoms with E-state index in [1.807, 2.05) is 17.9 Å². The Labute approximate surface area is 201 Å². The first-order valence-electron chi connectivity index (χ1n) is 11.4. The molecule has 1 aromatic heterocycles. The Morgan fingerprint density at radius 1 is 0.971 bits per heavy atom. The van der Waals surface area contributed by atoms with Gasteiger partial charge in [-0.2, -0.15) is 13.2 Å². The Bertz CT molecular complexity index is 1170. The summed E-state index contributed by atoms with van der Waals surface area (Å²) in [6.07, 6.45) is -2.85. The van der Waals surface area contributed by atoms with Crippen molar-refractivity contribution in [3.05, 3.63) is 83.6 Å². The largest absolute Gasteiger partial charge is 0.488 e. The van der Waals surface area contributed by atoms with Crippen LogP contribution in [0.1, 0.15) is 28.4 Å². The van der Waals surface area contributed by atoms with Crippen LogP contribution >= 0.6 is 0 Å². The monoisotopic (exact) mass is 485 g/mol. The zero-order chi connectivity index (χ0) is 24.8. The topological polar surface area (TPSA) is 54.9 Å². The molecule has 184 valence electrons. The van der Waals surface area contributed by atoms with Crippen LogP contribution in [0.4, 0.5) is 13.2 Å². The van der Waals surface area contributed by atoms with Crippen LogP contribution in [-0.4, -0.2) is 53.5 Å². The minimum Gasteiger partial charge on any atom is -0.488 e. The molecule has 0 saturated carbocycles. The third kappa shape index (κ3) is 6.10. The number of likely N-dealkylation sites (N-methyl/N-ethyl adjacent to an activating group) is 1. The van der Waals surface area contributed by atoms with Gasteiger partial charge in [-0.25, -0.2) is 4.98 Å². The second-order valence-electron chi connectivity index (χ2n) is 8.11. The van der Waals surface area contributed by atoms with Gasteiger partial charge >= 0.3 is 6.18 Å². The third-order valence-electron chi connectivity index (χ3n) is 5.74. The van der Waals surface area contributed by atoms with Gasteiger partial charge in [0.1, 0.15) is 12.2 Å². The first-order chi connectivity index (χ1) is 16.8. The standard InChI is InChI=1S/C26H26F3N3O3/c1-2-32-14-13-31(18-19-7-5-8-20(17-19)26(27,28)29)15-16-34-22-10-3-4-11-23(22)35-24-21(25(32)33)9-6-12-30-24/h3-12,17H,2,13-16,18H2,1H3. The smallest absolute Gasteiger partial charge is 0.416 e. The molecule has 1 aliphatic rings. The van der Waals surface area contributed by atoms with E-state index in [-0.39, 0.29) is 24.9 Å². The number of pyridine rings is 1. The van der Waals surface area contributed by atoms with E-state index in [9.17, 15) is 18.0 Å². The summed E-state index contributed by atoms with van der Waals surface area (Å²) in [6.45, 7) is 4.19. The zero-order valence-corrected chi connectivity index (χ0v) is 19.3. The van der Waals surface area contributed by atoms with Crippen molar-refractivity contribution in [1.29, 1.82) is 0 Å². The van der Waals surface area contributed by atoms with E-state index in [1.165, 1.54) is 6.07 Å². The Hall–Kier alpha value is -3.59. The highest BCUT2D eigenvalue weighted by Gasteiger charge is 2.30. The summed E-state index contributed by atoms with van der Waals surface area (Å²) in [5.41, 5.74) is 0.183. The highest BCUT2D eigenvalue weighted by molar-refractivity contribution is 5.96. The van der Waals surface area contributed by atoms with E-state index in [0.29, 0.717) is 48.8 Å². The number of carbonyl (C=O) groups excluding carboxylic acids is 1. The van der Waals surface area contributed by atoms with E-state index < -0.39 is 11.7 Å². The predicted molar refractivity (Wildman–Crippen MR) is 125 cm³/mol. The van der Waals surface area contributed by atoms with Crippen LogP contribution < -0.4 is 9.47 Å². The maximum Gasteiger partial charge on any atom is 0.416 e. The number of rotatable bonds is 3. The van der Waals surface area contributed by atoms with Gasteiger partial charge in [-0.1, -0.05) is 30.3 Å². The van der Waals surface area contributed by atoms with Gasteiger partial charge in [-0.05, 0) is 42.8 Å². The molecule has 0 saturated heterocycles. The zero-order valence-electron chi connectivity index (χ0n) is 19.3. The van der Waals surface area contributed by atoms with Crippen molar-refractivity contribution in [2.24, 2.45) is 0 Å². The normalized spacial score (nSPS) is 15.5. The SMILES string of the molecule is CCN1CCN(Cc2cccc(C(F)(F)F)c2)CCOc2ccccc2Oc2ncccc2C1=O.